The van der Waals surface area contributed by atoms with Crippen molar-refractivity contribution < 1.29 is 13.2 Å². The molecular weight excluding hydrogens is 276 g/mol. The minimum absolute atomic E-state index is 0.250. The molecule has 112 valence electrons. The second-order valence-electron chi connectivity index (χ2n) is 5.18. The average molecular weight is 298 g/mol. The van der Waals surface area contributed by atoms with Gasteiger partial charge in [0.25, 0.3) is 0 Å². The Morgan fingerprint density at radius 3 is 2.85 bits per heavy atom. The van der Waals surface area contributed by atoms with Gasteiger partial charge in [-0.05, 0) is 30.9 Å². The van der Waals surface area contributed by atoms with E-state index >= 15 is 0 Å². The van der Waals surface area contributed by atoms with Crippen LogP contribution in [-0.4, -0.2) is 32.9 Å². The largest absolute Gasteiger partial charge is 0.495 e. The number of nitrogens with zero attached hydrogens (tertiary/aromatic N) is 1. The third-order valence-electron chi connectivity index (χ3n) is 3.90. The standard InChI is InChI=1S/C14H22N2O3S/c1-3-11-5-4-8-16(10-11)20(17,18)12-6-7-13(15)14(9-12)19-2/h6-7,9,11H,3-5,8,10,15H2,1-2H3. The van der Waals surface area contributed by atoms with Crippen LogP contribution in [0.4, 0.5) is 5.69 Å². The highest BCUT2D eigenvalue weighted by atomic mass is 32.2. The number of anilines is 1. The van der Waals surface area contributed by atoms with Crippen molar-refractivity contribution in [1.29, 1.82) is 0 Å². The van der Waals surface area contributed by atoms with Crippen LogP contribution in [0.25, 0.3) is 0 Å². The highest BCUT2D eigenvalue weighted by Crippen LogP contribution is 2.29. The maximum atomic E-state index is 12.7. The first-order chi connectivity index (χ1) is 9.48. The Morgan fingerprint density at radius 2 is 2.20 bits per heavy atom. The molecule has 0 aliphatic carbocycles. The van der Waals surface area contributed by atoms with E-state index in [-0.39, 0.29) is 4.90 Å². The first-order valence-electron chi connectivity index (χ1n) is 6.92. The Kier molecular flexibility index (Phi) is 4.55. The van der Waals surface area contributed by atoms with Gasteiger partial charge in [-0.25, -0.2) is 8.42 Å². The molecule has 1 aliphatic heterocycles. The van der Waals surface area contributed by atoms with E-state index in [9.17, 15) is 8.42 Å². The fraction of sp³-hybridized carbons (Fsp3) is 0.571. The zero-order chi connectivity index (χ0) is 14.8. The van der Waals surface area contributed by atoms with Crippen molar-refractivity contribution in [2.45, 2.75) is 31.1 Å². The first-order valence-corrected chi connectivity index (χ1v) is 8.36. The summed E-state index contributed by atoms with van der Waals surface area (Å²) in [6.45, 7) is 3.30. The molecule has 0 radical (unpaired) electrons. The first kappa shape index (κ1) is 15.1. The molecule has 20 heavy (non-hydrogen) atoms. The molecular formula is C14H22N2O3S. The molecule has 1 aliphatic rings. The van der Waals surface area contributed by atoms with E-state index in [0.29, 0.717) is 30.4 Å². The third-order valence-corrected chi connectivity index (χ3v) is 5.76. The SMILES string of the molecule is CCC1CCCN(S(=O)(=O)c2ccc(N)c(OC)c2)C1. The third kappa shape index (κ3) is 2.91. The van der Waals surface area contributed by atoms with E-state index in [1.807, 2.05) is 0 Å². The van der Waals surface area contributed by atoms with E-state index < -0.39 is 10.0 Å². The molecule has 0 spiro atoms. The summed E-state index contributed by atoms with van der Waals surface area (Å²) in [6, 6.07) is 4.62. The van der Waals surface area contributed by atoms with Gasteiger partial charge in [0.2, 0.25) is 10.0 Å². The number of piperidine rings is 1. The second kappa shape index (κ2) is 6.01. The van der Waals surface area contributed by atoms with Crippen molar-refractivity contribution in [3.63, 3.8) is 0 Å². The van der Waals surface area contributed by atoms with Crippen molar-refractivity contribution >= 4 is 15.7 Å². The van der Waals surface area contributed by atoms with Gasteiger partial charge in [-0.3, -0.25) is 0 Å². The molecule has 2 rings (SSSR count). The van der Waals surface area contributed by atoms with Crippen molar-refractivity contribution in [3.8, 4) is 5.75 Å². The smallest absolute Gasteiger partial charge is 0.243 e. The number of benzene rings is 1. The number of methoxy groups -OCH3 is 1. The lowest BCUT2D eigenvalue weighted by atomic mass is 9.97. The summed E-state index contributed by atoms with van der Waals surface area (Å²) in [5, 5.41) is 0. The summed E-state index contributed by atoms with van der Waals surface area (Å²) in [7, 11) is -1.97. The van der Waals surface area contributed by atoms with Crippen LogP contribution >= 0.6 is 0 Å². The molecule has 0 amide bonds. The van der Waals surface area contributed by atoms with Gasteiger partial charge in [0, 0.05) is 19.2 Å². The summed E-state index contributed by atoms with van der Waals surface area (Å²) < 4.78 is 32.0. The summed E-state index contributed by atoms with van der Waals surface area (Å²) in [5.74, 6) is 0.851. The van der Waals surface area contributed by atoms with E-state index in [1.54, 1.807) is 16.4 Å². The monoisotopic (exact) mass is 298 g/mol. The second-order valence-corrected chi connectivity index (χ2v) is 7.12. The maximum absolute atomic E-state index is 12.7. The normalized spacial score (nSPS) is 20.8. The molecule has 6 heteroatoms. The molecule has 1 fully saturated rings. The van der Waals surface area contributed by atoms with Gasteiger partial charge >= 0.3 is 0 Å². The zero-order valence-corrected chi connectivity index (χ0v) is 12.8. The van der Waals surface area contributed by atoms with Gasteiger partial charge in [-0.2, -0.15) is 4.31 Å². The van der Waals surface area contributed by atoms with Crippen LogP contribution in [0.3, 0.4) is 0 Å². The van der Waals surface area contributed by atoms with Crippen molar-refractivity contribution in [1.82, 2.24) is 4.31 Å². The lowest BCUT2D eigenvalue weighted by Crippen LogP contribution is -2.39. The van der Waals surface area contributed by atoms with Crippen LogP contribution in [0.5, 0.6) is 5.75 Å². The minimum Gasteiger partial charge on any atom is -0.495 e. The summed E-state index contributed by atoms with van der Waals surface area (Å²) in [4.78, 5) is 0.250. The minimum atomic E-state index is -3.46. The van der Waals surface area contributed by atoms with Crippen LogP contribution in [0.2, 0.25) is 0 Å². The number of hydrogen-bond donors (Lipinski definition) is 1. The van der Waals surface area contributed by atoms with Crippen molar-refractivity contribution in [3.05, 3.63) is 18.2 Å². The Morgan fingerprint density at radius 1 is 1.45 bits per heavy atom. The lowest BCUT2D eigenvalue weighted by molar-refractivity contribution is 0.261. The molecule has 1 heterocycles. The Labute approximate surface area is 120 Å². The number of sulfonamides is 1. The van der Waals surface area contributed by atoms with E-state index in [0.717, 1.165) is 19.3 Å². The van der Waals surface area contributed by atoms with Crippen LogP contribution in [0.1, 0.15) is 26.2 Å². The van der Waals surface area contributed by atoms with Crippen LogP contribution < -0.4 is 10.5 Å². The Hall–Kier alpha value is -1.27. The van der Waals surface area contributed by atoms with Gasteiger partial charge in [0.05, 0.1) is 17.7 Å². The number of nitrogens with two attached hydrogens (primary N) is 1. The predicted octanol–water partition coefficient (Wildman–Crippen LogP) is 2.09. The van der Waals surface area contributed by atoms with Gasteiger partial charge < -0.3 is 10.5 Å². The van der Waals surface area contributed by atoms with Gasteiger partial charge in [0.1, 0.15) is 5.75 Å². The van der Waals surface area contributed by atoms with Crippen molar-refractivity contribution in [2.75, 3.05) is 25.9 Å². The highest BCUT2D eigenvalue weighted by Gasteiger charge is 2.29. The van der Waals surface area contributed by atoms with Crippen molar-refractivity contribution in [2.24, 2.45) is 5.92 Å². The molecule has 0 saturated carbocycles. The molecule has 1 saturated heterocycles. The molecule has 0 aromatic heterocycles. The van der Waals surface area contributed by atoms with E-state index in [4.69, 9.17) is 10.5 Å². The van der Waals surface area contributed by atoms with E-state index in [2.05, 4.69) is 6.92 Å². The van der Waals surface area contributed by atoms with Crippen LogP contribution in [0, 0.1) is 5.92 Å². The molecule has 0 bridgehead atoms. The topological polar surface area (TPSA) is 72.6 Å². The van der Waals surface area contributed by atoms with Gasteiger partial charge in [-0.1, -0.05) is 13.3 Å². The van der Waals surface area contributed by atoms with E-state index in [1.165, 1.54) is 13.2 Å². The lowest BCUT2D eigenvalue weighted by Gasteiger charge is -2.31. The molecule has 1 aromatic carbocycles. The molecule has 1 aromatic rings. The highest BCUT2D eigenvalue weighted by molar-refractivity contribution is 7.89. The molecule has 1 atom stereocenters. The van der Waals surface area contributed by atoms with Crippen LogP contribution in [-0.2, 0) is 10.0 Å². The molecule has 1 unspecified atom stereocenters. The Bertz CT molecular complexity index is 572. The fourth-order valence-corrected chi connectivity index (χ4v) is 4.15. The van der Waals surface area contributed by atoms with Gasteiger partial charge in [-0.15, -0.1) is 0 Å². The number of ether oxygens (including phenoxy) is 1. The number of hydrogen-bond acceptors (Lipinski definition) is 4. The van der Waals surface area contributed by atoms with Crippen LogP contribution in [0.15, 0.2) is 23.1 Å². The summed E-state index contributed by atoms with van der Waals surface area (Å²) >= 11 is 0. The summed E-state index contributed by atoms with van der Waals surface area (Å²) in [6.07, 6.45) is 3.04. The zero-order valence-electron chi connectivity index (χ0n) is 12.0. The number of nitrogen functional groups attached to an aromatic ring is 1. The van der Waals surface area contributed by atoms with Gasteiger partial charge in [0.15, 0.2) is 0 Å². The summed E-state index contributed by atoms with van der Waals surface area (Å²) in [5.41, 5.74) is 6.17. The predicted molar refractivity (Wildman–Crippen MR) is 79.2 cm³/mol. The maximum Gasteiger partial charge on any atom is 0.243 e. The quantitative estimate of drug-likeness (QED) is 0.864. The molecule has 2 N–H and O–H groups in total. The average Bonchev–Trinajstić information content (AvgIpc) is 2.47. The number of rotatable bonds is 4. The Balaban J connectivity index is 2.30. The fourth-order valence-electron chi connectivity index (χ4n) is 2.58. The molecule has 5 nitrogen and oxygen atoms in total.